The van der Waals surface area contributed by atoms with Gasteiger partial charge in [-0.3, -0.25) is 4.79 Å². The molecule has 0 aliphatic carbocycles. The molecule has 4 rings (SSSR count). The zero-order valence-electron chi connectivity index (χ0n) is 15.9. The molecule has 6 heteroatoms. The van der Waals surface area contributed by atoms with E-state index >= 15 is 0 Å². The van der Waals surface area contributed by atoms with Crippen molar-refractivity contribution >= 4 is 33.7 Å². The van der Waals surface area contributed by atoms with Crippen LogP contribution in [0.25, 0.3) is 10.8 Å². The summed E-state index contributed by atoms with van der Waals surface area (Å²) in [6.07, 6.45) is -0.396. The van der Waals surface area contributed by atoms with Gasteiger partial charge in [-0.15, -0.1) is 11.3 Å². The van der Waals surface area contributed by atoms with Crippen LogP contribution in [0.4, 0.5) is 5.69 Å². The van der Waals surface area contributed by atoms with Gasteiger partial charge in [-0.05, 0) is 37.4 Å². The maximum atomic E-state index is 13.0. The minimum Gasteiger partial charge on any atom is -0.493 e. The average molecular weight is 397 g/mol. The number of hydrogen-bond acceptors (Lipinski definition) is 5. The Morgan fingerprint density at radius 2 is 1.89 bits per heavy atom. The lowest BCUT2D eigenvalue weighted by atomic mass is 9.90. The highest BCUT2D eigenvalue weighted by atomic mass is 32.1. The third kappa shape index (κ3) is 3.63. The number of ether oxygens (including phenoxy) is 3. The van der Waals surface area contributed by atoms with Crippen molar-refractivity contribution in [3.05, 3.63) is 58.8 Å². The number of hydrogen-bond donors (Lipinski definition) is 1. The Hall–Kier alpha value is -2.41. The molecule has 28 heavy (non-hydrogen) atoms. The topological polar surface area (TPSA) is 56.8 Å². The second-order valence-electron chi connectivity index (χ2n) is 7.07. The summed E-state index contributed by atoms with van der Waals surface area (Å²) in [5.74, 6) is 0.692. The van der Waals surface area contributed by atoms with Crippen LogP contribution in [0.15, 0.2) is 53.9 Å². The van der Waals surface area contributed by atoms with Crippen LogP contribution >= 0.6 is 11.3 Å². The van der Waals surface area contributed by atoms with Crippen LogP contribution in [-0.4, -0.2) is 25.7 Å². The van der Waals surface area contributed by atoms with E-state index < -0.39 is 11.7 Å². The summed E-state index contributed by atoms with van der Waals surface area (Å²) in [5.41, 5.74) is -0.00126. The van der Waals surface area contributed by atoms with Crippen molar-refractivity contribution in [1.82, 2.24) is 0 Å². The van der Waals surface area contributed by atoms with E-state index in [1.165, 1.54) is 0 Å². The molecule has 0 atom stereocenters. The number of thiophene rings is 1. The second-order valence-corrected chi connectivity index (χ2v) is 8.05. The molecule has 2 heterocycles. The van der Waals surface area contributed by atoms with E-state index in [-0.39, 0.29) is 5.91 Å². The van der Waals surface area contributed by atoms with Crippen LogP contribution in [0.1, 0.15) is 25.0 Å². The number of fused-ring (bicyclic) bond motifs is 1. The Labute approximate surface area is 168 Å². The fourth-order valence-corrected chi connectivity index (χ4v) is 3.98. The Bertz CT molecular complexity index is 962. The summed E-state index contributed by atoms with van der Waals surface area (Å²) in [6.45, 7) is 5.02. The van der Waals surface area contributed by atoms with Gasteiger partial charge >= 0.3 is 0 Å². The van der Waals surface area contributed by atoms with Gasteiger partial charge in [0.2, 0.25) is 5.91 Å². The average Bonchev–Trinajstić information content (AvgIpc) is 3.25. The summed E-state index contributed by atoms with van der Waals surface area (Å²) in [7, 11) is 0. The zero-order valence-corrected chi connectivity index (χ0v) is 16.8. The summed E-state index contributed by atoms with van der Waals surface area (Å²) >= 11 is 1.58. The van der Waals surface area contributed by atoms with E-state index in [4.69, 9.17) is 14.2 Å². The molecule has 0 unspecified atom stereocenters. The molecule has 1 aliphatic rings. The van der Waals surface area contributed by atoms with E-state index in [0.29, 0.717) is 19.8 Å². The predicted molar refractivity (Wildman–Crippen MR) is 111 cm³/mol. The SMILES string of the molecule is CCOc1ccc(NC(=O)C2(C)COC(c3cccs3)OC2)c2ccccc12. The van der Waals surface area contributed by atoms with Crippen LogP contribution in [0.5, 0.6) is 5.75 Å². The summed E-state index contributed by atoms with van der Waals surface area (Å²) in [5, 5.41) is 6.97. The lowest BCUT2D eigenvalue weighted by Crippen LogP contribution is -2.45. The van der Waals surface area contributed by atoms with Gasteiger partial charge in [0.15, 0.2) is 6.29 Å². The molecule has 2 aromatic carbocycles. The first kappa shape index (κ1) is 18.9. The van der Waals surface area contributed by atoms with Gasteiger partial charge in [0.1, 0.15) is 5.75 Å². The normalized spacial score (nSPS) is 22.1. The van der Waals surface area contributed by atoms with Gasteiger partial charge in [0, 0.05) is 16.5 Å². The van der Waals surface area contributed by atoms with Crippen LogP contribution in [-0.2, 0) is 14.3 Å². The number of nitrogens with one attached hydrogen (secondary N) is 1. The van der Waals surface area contributed by atoms with Gasteiger partial charge in [-0.2, -0.15) is 0 Å². The third-order valence-corrected chi connectivity index (χ3v) is 5.76. The molecular formula is C22H23NO4S. The highest BCUT2D eigenvalue weighted by Crippen LogP contribution is 2.36. The monoisotopic (exact) mass is 397 g/mol. The predicted octanol–water partition coefficient (Wildman–Crippen LogP) is 4.99. The molecule has 5 nitrogen and oxygen atoms in total. The molecule has 1 saturated heterocycles. The fraction of sp³-hybridized carbons (Fsp3) is 0.318. The van der Waals surface area contributed by atoms with Gasteiger partial charge in [-0.1, -0.05) is 30.3 Å². The molecule has 146 valence electrons. The Kier molecular flexibility index (Phi) is 5.35. The van der Waals surface area contributed by atoms with Crippen molar-refractivity contribution in [2.24, 2.45) is 5.41 Å². The molecule has 1 N–H and O–H groups in total. The van der Waals surface area contributed by atoms with E-state index in [9.17, 15) is 4.79 Å². The molecule has 0 bridgehead atoms. The molecule has 0 radical (unpaired) electrons. The minimum atomic E-state index is -0.756. The quantitative estimate of drug-likeness (QED) is 0.659. The van der Waals surface area contributed by atoms with E-state index in [0.717, 1.165) is 27.1 Å². The van der Waals surface area contributed by atoms with E-state index in [1.807, 2.05) is 67.8 Å². The van der Waals surface area contributed by atoms with Crippen LogP contribution in [0, 0.1) is 5.41 Å². The molecule has 0 spiro atoms. The second kappa shape index (κ2) is 7.91. The lowest BCUT2D eigenvalue weighted by Gasteiger charge is -2.35. The maximum absolute atomic E-state index is 13.0. The molecule has 3 aromatic rings. The van der Waals surface area contributed by atoms with Gasteiger partial charge < -0.3 is 19.5 Å². The Balaban J connectivity index is 1.52. The van der Waals surface area contributed by atoms with Crippen molar-refractivity contribution in [2.45, 2.75) is 20.1 Å². The Morgan fingerprint density at radius 3 is 2.57 bits per heavy atom. The summed E-state index contributed by atoms with van der Waals surface area (Å²) in [6, 6.07) is 15.6. The number of amides is 1. The smallest absolute Gasteiger partial charge is 0.235 e. The largest absolute Gasteiger partial charge is 0.493 e. The van der Waals surface area contributed by atoms with E-state index in [1.54, 1.807) is 11.3 Å². The first-order valence-corrected chi connectivity index (χ1v) is 10.2. The van der Waals surface area contributed by atoms with Gasteiger partial charge in [0.25, 0.3) is 0 Å². The zero-order chi connectivity index (χ0) is 19.6. The highest BCUT2D eigenvalue weighted by Gasteiger charge is 2.40. The highest BCUT2D eigenvalue weighted by molar-refractivity contribution is 7.10. The fourth-order valence-electron chi connectivity index (χ4n) is 3.26. The first-order valence-electron chi connectivity index (χ1n) is 9.33. The molecule has 1 fully saturated rings. The third-order valence-electron chi connectivity index (χ3n) is 4.86. The lowest BCUT2D eigenvalue weighted by molar-refractivity contribution is -0.225. The summed E-state index contributed by atoms with van der Waals surface area (Å²) in [4.78, 5) is 14.1. The van der Waals surface area contributed by atoms with Gasteiger partial charge in [-0.25, -0.2) is 0 Å². The molecule has 1 amide bonds. The number of benzene rings is 2. The molecule has 1 aromatic heterocycles. The molecular weight excluding hydrogens is 374 g/mol. The standard InChI is InChI=1S/C22H23NO4S/c1-3-25-18-11-10-17(15-7-4-5-8-16(15)18)23-21(24)22(2)13-26-20(27-14-22)19-9-6-12-28-19/h4-12,20H,3,13-14H2,1-2H3,(H,23,24). The van der Waals surface area contributed by atoms with Crippen molar-refractivity contribution in [3.63, 3.8) is 0 Å². The van der Waals surface area contributed by atoms with Crippen molar-refractivity contribution in [1.29, 1.82) is 0 Å². The Morgan fingerprint density at radius 1 is 1.14 bits per heavy atom. The van der Waals surface area contributed by atoms with Crippen molar-refractivity contribution < 1.29 is 19.0 Å². The van der Waals surface area contributed by atoms with Crippen LogP contribution < -0.4 is 10.1 Å². The number of rotatable bonds is 5. The number of carbonyl (C=O) groups excluding carboxylic acids is 1. The minimum absolute atomic E-state index is 0.119. The van der Waals surface area contributed by atoms with Crippen LogP contribution in [0.3, 0.4) is 0 Å². The van der Waals surface area contributed by atoms with E-state index in [2.05, 4.69) is 5.32 Å². The molecule has 0 saturated carbocycles. The molecule has 1 aliphatic heterocycles. The number of carbonyl (C=O) groups is 1. The first-order chi connectivity index (χ1) is 13.6. The maximum Gasteiger partial charge on any atom is 0.235 e. The van der Waals surface area contributed by atoms with Gasteiger partial charge in [0.05, 0.1) is 30.1 Å². The summed E-state index contributed by atoms with van der Waals surface area (Å²) < 4.78 is 17.4. The van der Waals surface area contributed by atoms with Crippen LogP contribution in [0.2, 0.25) is 0 Å². The van der Waals surface area contributed by atoms with Crippen molar-refractivity contribution in [2.75, 3.05) is 25.1 Å². The van der Waals surface area contributed by atoms with Crippen molar-refractivity contribution in [3.8, 4) is 5.75 Å². The number of anilines is 1.